The van der Waals surface area contributed by atoms with Gasteiger partial charge in [-0.15, -0.1) is 0 Å². The highest BCUT2D eigenvalue weighted by atomic mass is 31.2. The number of rotatable bonds is 8. The minimum atomic E-state index is -4.93. The summed E-state index contributed by atoms with van der Waals surface area (Å²) in [5, 5.41) is 5.46. The molecule has 35 heavy (non-hydrogen) atoms. The van der Waals surface area contributed by atoms with E-state index in [1.807, 2.05) is 24.3 Å². The van der Waals surface area contributed by atoms with Gasteiger partial charge in [0.25, 0.3) is 5.91 Å². The second-order valence-electron chi connectivity index (χ2n) is 7.76. The van der Waals surface area contributed by atoms with Crippen molar-refractivity contribution < 1.29 is 33.5 Å². The van der Waals surface area contributed by atoms with Gasteiger partial charge in [-0.1, -0.05) is 66.7 Å². The lowest BCUT2D eigenvalue weighted by molar-refractivity contribution is -0.133. The van der Waals surface area contributed by atoms with E-state index in [2.05, 4.69) is 15.6 Å². The number of hydrogen-bond donors (Lipinski definition) is 4. The average Bonchev–Trinajstić information content (AvgIpc) is 2.82. The number of nitrogens with one attached hydrogen (secondary N) is 2. The number of carbonyl (C=O) groups excluding carboxylic acids is 2. The van der Waals surface area contributed by atoms with Gasteiger partial charge in [0.2, 0.25) is 5.91 Å². The van der Waals surface area contributed by atoms with E-state index in [-0.39, 0.29) is 17.0 Å². The van der Waals surface area contributed by atoms with E-state index >= 15 is 0 Å². The summed E-state index contributed by atoms with van der Waals surface area (Å²) in [6.07, 6.45) is 0. The fraction of sp³-hybridized carbons (Fsp3) is 0.120. The van der Waals surface area contributed by atoms with Crippen LogP contribution in [0.15, 0.2) is 78.9 Å². The second-order valence-corrected chi connectivity index (χ2v) is 9.46. The van der Waals surface area contributed by atoms with Gasteiger partial charge in [0.1, 0.15) is 5.75 Å². The molecule has 2 amide bonds. The number of hydroxylamine groups is 1. The summed E-state index contributed by atoms with van der Waals surface area (Å²) >= 11 is 0. The molecule has 4 N–H and O–H groups in total. The first-order valence-electron chi connectivity index (χ1n) is 10.6. The first kappa shape index (κ1) is 24.4. The topological polar surface area (TPSA) is 134 Å². The molecule has 0 saturated heterocycles. The van der Waals surface area contributed by atoms with Crippen molar-refractivity contribution in [2.45, 2.75) is 5.66 Å². The van der Waals surface area contributed by atoms with Crippen LogP contribution in [0.4, 0.5) is 5.69 Å². The predicted octanol–water partition coefficient (Wildman–Crippen LogP) is 3.91. The SMILES string of the molecule is CONC(=O)COc1cc2ccccc2cc1NC(=O)C(c1cccc2ccccc12)P(=O)(O)O. The molecule has 0 aliphatic carbocycles. The first-order valence-corrected chi connectivity index (χ1v) is 12.3. The molecule has 0 fully saturated rings. The Morgan fingerprint density at radius 2 is 1.54 bits per heavy atom. The van der Waals surface area contributed by atoms with Crippen LogP contribution in [0, 0.1) is 0 Å². The number of benzene rings is 4. The fourth-order valence-corrected chi connectivity index (χ4v) is 4.85. The Balaban J connectivity index is 1.74. The van der Waals surface area contributed by atoms with Crippen LogP contribution in [0.25, 0.3) is 21.5 Å². The molecule has 0 heterocycles. The molecule has 4 aromatic rings. The lowest BCUT2D eigenvalue weighted by atomic mass is 10.0. The third kappa shape index (κ3) is 5.50. The molecular weight excluding hydrogens is 471 g/mol. The van der Waals surface area contributed by atoms with E-state index < -0.39 is 31.7 Å². The van der Waals surface area contributed by atoms with Crippen molar-refractivity contribution in [2.24, 2.45) is 0 Å². The smallest absolute Gasteiger partial charge is 0.342 e. The van der Waals surface area contributed by atoms with Gasteiger partial charge in [0.05, 0.1) is 12.8 Å². The van der Waals surface area contributed by atoms with E-state index in [0.717, 1.165) is 16.2 Å². The van der Waals surface area contributed by atoms with Crippen LogP contribution in [-0.2, 0) is 19.0 Å². The Bertz CT molecular complexity index is 1450. The van der Waals surface area contributed by atoms with Gasteiger partial charge >= 0.3 is 7.60 Å². The molecule has 0 spiro atoms. The van der Waals surface area contributed by atoms with E-state index in [0.29, 0.717) is 5.39 Å². The van der Waals surface area contributed by atoms with Crippen LogP contribution < -0.4 is 15.5 Å². The molecule has 0 aromatic heterocycles. The fourth-order valence-electron chi connectivity index (χ4n) is 3.89. The van der Waals surface area contributed by atoms with E-state index in [4.69, 9.17) is 4.74 Å². The van der Waals surface area contributed by atoms with Gasteiger partial charge in [-0.25, -0.2) is 5.48 Å². The number of hydrogen-bond acceptors (Lipinski definition) is 5. The van der Waals surface area contributed by atoms with Crippen LogP contribution in [0.3, 0.4) is 0 Å². The van der Waals surface area contributed by atoms with Gasteiger partial charge in [-0.05, 0) is 39.2 Å². The third-order valence-electron chi connectivity index (χ3n) is 5.38. The van der Waals surface area contributed by atoms with Crippen molar-refractivity contribution in [1.29, 1.82) is 0 Å². The standard InChI is InChI=1S/C25H23N2O7P/c1-33-27-23(28)15-34-22-14-18-9-3-2-8-17(18)13-21(22)26-25(29)24(35(30,31)32)20-12-6-10-16-7-4-5-11-19(16)20/h2-14,24H,15H2,1H3,(H,26,29)(H,27,28)(H2,30,31,32). The van der Waals surface area contributed by atoms with Gasteiger partial charge < -0.3 is 19.8 Å². The summed E-state index contributed by atoms with van der Waals surface area (Å²) in [5.41, 5.74) is 0.746. The number of carbonyl (C=O) groups is 2. The van der Waals surface area contributed by atoms with E-state index in [1.165, 1.54) is 13.2 Å². The quantitative estimate of drug-likeness (QED) is 0.216. The zero-order chi connectivity index (χ0) is 25.0. The van der Waals surface area contributed by atoms with Gasteiger partial charge in [0, 0.05) is 0 Å². The maximum Gasteiger partial charge on any atom is 0.342 e. The molecule has 180 valence electrons. The Morgan fingerprint density at radius 1 is 0.914 bits per heavy atom. The number of fused-ring (bicyclic) bond motifs is 2. The molecule has 0 aliphatic heterocycles. The summed E-state index contributed by atoms with van der Waals surface area (Å²) < 4.78 is 18.1. The monoisotopic (exact) mass is 494 g/mol. The third-order valence-corrected chi connectivity index (χ3v) is 6.57. The van der Waals surface area contributed by atoms with Crippen molar-refractivity contribution in [1.82, 2.24) is 5.48 Å². The average molecular weight is 494 g/mol. The molecule has 1 atom stereocenters. The number of anilines is 1. The van der Waals surface area contributed by atoms with Crippen molar-refractivity contribution in [3.63, 3.8) is 0 Å². The van der Waals surface area contributed by atoms with Crippen molar-refractivity contribution in [3.05, 3.63) is 84.4 Å². The highest BCUT2D eigenvalue weighted by Gasteiger charge is 2.38. The molecule has 4 rings (SSSR count). The molecule has 0 saturated carbocycles. The van der Waals surface area contributed by atoms with Crippen molar-refractivity contribution in [2.75, 3.05) is 19.0 Å². The Labute approximate surface area is 200 Å². The number of amides is 2. The lowest BCUT2D eigenvalue weighted by Gasteiger charge is -2.21. The largest absolute Gasteiger partial charge is 0.481 e. The van der Waals surface area contributed by atoms with Crippen molar-refractivity contribution >= 4 is 46.6 Å². The Hall–Kier alpha value is -3.75. The molecule has 10 heteroatoms. The highest BCUT2D eigenvalue weighted by molar-refractivity contribution is 7.53. The molecule has 4 aromatic carbocycles. The molecular formula is C25H23N2O7P. The van der Waals surface area contributed by atoms with Crippen LogP contribution in [0.1, 0.15) is 11.2 Å². The van der Waals surface area contributed by atoms with Crippen LogP contribution in [0.2, 0.25) is 0 Å². The predicted molar refractivity (Wildman–Crippen MR) is 132 cm³/mol. The highest BCUT2D eigenvalue weighted by Crippen LogP contribution is 2.53. The summed E-state index contributed by atoms with van der Waals surface area (Å²) in [6, 6.07) is 22.6. The van der Waals surface area contributed by atoms with Crippen molar-refractivity contribution in [3.8, 4) is 5.75 Å². The summed E-state index contributed by atoms with van der Waals surface area (Å²) in [7, 11) is -3.65. The van der Waals surface area contributed by atoms with E-state index in [1.54, 1.807) is 48.5 Å². The first-order chi connectivity index (χ1) is 16.8. The Morgan fingerprint density at radius 3 is 2.23 bits per heavy atom. The lowest BCUT2D eigenvalue weighted by Crippen LogP contribution is -2.28. The van der Waals surface area contributed by atoms with Crippen LogP contribution in [-0.4, -0.2) is 35.3 Å². The molecule has 1 unspecified atom stereocenters. The summed E-state index contributed by atoms with van der Waals surface area (Å²) in [4.78, 5) is 50.1. The maximum absolute atomic E-state index is 13.4. The number of ether oxygens (including phenoxy) is 1. The minimum Gasteiger partial charge on any atom is -0.481 e. The van der Waals surface area contributed by atoms with Gasteiger partial charge in [0.15, 0.2) is 12.3 Å². The normalized spacial score (nSPS) is 12.3. The zero-order valence-electron chi connectivity index (χ0n) is 18.7. The van der Waals surface area contributed by atoms with Gasteiger partial charge in [-0.2, -0.15) is 0 Å². The molecule has 0 aliphatic rings. The van der Waals surface area contributed by atoms with Crippen LogP contribution >= 0.6 is 7.60 Å². The molecule has 0 radical (unpaired) electrons. The van der Waals surface area contributed by atoms with E-state index in [9.17, 15) is 23.9 Å². The minimum absolute atomic E-state index is 0.158. The maximum atomic E-state index is 13.4. The summed E-state index contributed by atoms with van der Waals surface area (Å²) in [6.45, 7) is -0.402. The second kappa shape index (κ2) is 10.2. The zero-order valence-corrected chi connectivity index (χ0v) is 19.6. The Kier molecular flexibility index (Phi) is 7.14. The van der Waals surface area contributed by atoms with Gasteiger partial charge in [-0.3, -0.25) is 19.0 Å². The molecule has 0 bridgehead atoms. The van der Waals surface area contributed by atoms with Crippen LogP contribution in [0.5, 0.6) is 5.75 Å². The molecule has 9 nitrogen and oxygen atoms in total. The summed E-state index contributed by atoms with van der Waals surface area (Å²) in [5.74, 6) is -1.30.